The minimum absolute atomic E-state index is 0.395. The summed E-state index contributed by atoms with van der Waals surface area (Å²) in [4.78, 5) is 0. The number of ether oxygens (including phenoxy) is 1. The third-order valence-corrected chi connectivity index (χ3v) is 4.46. The van der Waals surface area contributed by atoms with Crippen LogP contribution < -0.4 is 4.74 Å². The van der Waals surface area contributed by atoms with Crippen LogP contribution in [0.15, 0.2) is 51.4 Å². The Morgan fingerprint density at radius 1 is 1.05 bits per heavy atom. The summed E-state index contributed by atoms with van der Waals surface area (Å²) in [6.45, 7) is 0. The number of aliphatic hydroxyl groups excluding tert-OH is 1. The lowest BCUT2D eigenvalue weighted by molar-refractivity contribution is 0.219. The molecule has 1 saturated carbocycles. The molecule has 104 valence electrons. The summed E-state index contributed by atoms with van der Waals surface area (Å²) in [6, 6.07) is 13.4. The number of rotatable bonds is 4. The summed E-state index contributed by atoms with van der Waals surface area (Å²) in [5.41, 5.74) is 1.71. The Kier molecular flexibility index (Phi) is 4.15. The average Bonchev–Trinajstić information content (AvgIpc) is 3.23. The zero-order valence-electron chi connectivity index (χ0n) is 10.7. The van der Waals surface area contributed by atoms with E-state index in [1.807, 2.05) is 42.5 Å². The Hall–Kier alpha value is -0.840. The predicted molar refractivity (Wildman–Crippen MR) is 86.0 cm³/mol. The van der Waals surface area contributed by atoms with E-state index in [2.05, 4.69) is 31.9 Å². The van der Waals surface area contributed by atoms with Crippen LogP contribution in [-0.2, 0) is 0 Å². The van der Waals surface area contributed by atoms with E-state index >= 15 is 0 Å². The molecule has 1 fully saturated rings. The first kappa shape index (κ1) is 14.1. The number of hydrogen-bond donors (Lipinski definition) is 1. The molecule has 2 aromatic rings. The van der Waals surface area contributed by atoms with Gasteiger partial charge in [-0.25, -0.2) is 0 Å². The third kappa shape index (κ3) is 3.25. The predicted octanol–water partition coefficient (Wildman–Crippen LogP) is 4.83. The van der Waals surface area contributed by atoms with Crippen molar-refractivity contribution < 1.29 is 9.84 Å². The molecule has 3 rings (SSSR count). The Balaban J connectivity index is 1.80. The quantitative estimate of drug-likeness (QED) is 0.800. The van der Waals surface area contributed by atoms with Crippen LogP contribution in [0.3, 0.4) is 0 Å². The Bertz CT molecular complexity index is 606. The van der Waals surface area contributed by atoms with Crippen LogP contribution in [-0.4, -0.2) is 11.2 Å². The van der Waals surface area contributed by atoms with E-state index < -0.39 is 6.10 Å². The van der Waals surface area contributed by atoms with Gasteiger partial charge in [0.1, 0.15) is 11.9 Å². The van der Waals surface area contributed by atoms with Crippen LogP contribution in [0.1, 0.15) is 30.1 Å². The van der Waals surface area contributed by atoms with E-state index in [4.69, 9.17) is 4.74 Å². The van der Waals surface area contributed by atoms with Gasteiger partial charge in [-0.3, -0.25) is 0 Å². The minimum atomic E-state index is -0.646. The maximum absolute atomic E-state index is 10.5. The van der Waals surface area contributed by atoms with Crippen molar-refractivity contribution >= 4 is 31.9 Å². The molecule has 1 N–H and O–H groups in total. The zero-order valence-corrected chi connectivity index (χ0v) is 13.9. The van der Waals surface area contributed by atoms with Gasteiger partial charge in [0.2, 0.25) is 0 Å². The Labute approximate surface area is 135 Å². The lowest BCUT2D eigenvalue weighted by Gasteiger charge is -2.14. The summed E-state index contributed by atoms with van der Waals surface area (Å²) < 4.78 is 7.57. The highest BCUT2D eigenvalue weighted by atomic mass is 79.9. The summed E-state index contributed by atoms with van der Waals surface area (Å²) in [6.07, 6.45) is 2.05. The molecule has 4 heteroatoms. The summed E-state index contributed by atoms with van der Waals surface area (Å²) in [5, 5.41) is 10.5. The smallest absolute Gasteiger partial charge is 0.119 e. The van der Waals surface area contributed by atoms with Crippen LogP contribution in [0, 0.1) is 0 Å². The Morgan fingerprint density at radius 3 is 2.35 bits per heavy atom. The minimum Gasteiger partial charge on any atom is -0.490 e. The van der Waals surface area contributed by atoms with Gasteiger partial charge in [-0.15, -0.1) is 0 Å². The first-order valence-electron chi connectivity index (χ1n) is 6.53. The Morgan fingerprint density at radius 2 is 1.75 bits per heavy atom. The standard InChI is InChI=1S/C16H14Br2O2/c17-11-3-8-14(15(18)9-11)16(19)10-1-4-12(5-2-10)20-13-6-7-13/h1-5,8-9,13,16,19H,6-7H2. The van der Waals surface area contributed by atoms with Crippen LogP contribution in [0.5, 0.6) is 5.75 Å². The van der Waals surface area contributed by atoms with Crippen molar-refractivity contribution in [2.45, 2.75) is 25.0 Å². The fourth-order valence-corrected chi connectivity index (χ4v) is 3.27. The molecular formula is C16H14Br2O2. The van der Waals surface area contributed by atoms with Gasteiger partial charge in [-0.1, -0.05) is 50.1 Å². The van der Waals surface area contributed by atoms with Crippen molar-refractivity contribution in [1.82, 2.24) is 0 Å². The van der Waals surface area contributed by atoms with Crippen LogP contribution in [0.25, 0.3) is 0 Å². The normalized spacial score (nSPS) is 15.9. The molecule has 0 aliphatic heterocycles. The second kappa shape index (κ2) is 5.88. The van der Waals surface area contributed by atoms with Gasteiger partial charge >= 0.3 is 0 Å². The molecule has 2 nitrogen and oxygen atoms in total. The number of hydrogen-bond acceptors (Lipinski definition) is 2. The number of aliphatic hydroxyl groups is 1. The largest absolute Gasteiger partial charge is 0.490 e. The van der Waals surface area contributed by atoms with Crippen molar-refractivity contribution in [3.05, 3.63) is 62.5 Å². The molecule has 0 spiro atoms. The summed E-state index contributed by atoms with van der Waals surface area (Å²) in [7, 11) is 0. The van der Waals surface area contributed by atoms with Gasteiger partial charge in [0.25, 0.3) is 0 Å². The van der Waals surface area contributed by atoms with E-state index in [1.54, 1.807) is 0 Å². The van der Waals surface area contributed by atoms with Crippen molar-refractivity contribution in [2.24, 2.45) is 0 Å². The molecule has 0 bridgehead atoms. The highest BCUT2D eigenvalue weighted by molar-refractivity contribution is 9.11. The third-order valence-electron chi connectivity index (χ3n) is 3.28. The van der Waals surface area contributed by atoms with Crippen molar-refractivity contribution in [2.75, 3.05) is 0 Å². The topological polar surface area (TPSA) is 29.5 Å². The monoisotopic (exact) mass is 396 g/mol. The maximum atomic E-state index is 10.5. The van der Waals surface area contributed by atoms with Crippen molar-refractivity contribution in [3.63, 3.8) is 0 Å². The van der Waals surface area contributed by atoms with E-state index in [1.165, 1.54) is 0 Å². The lowest BCUT2D eigenvalue weighted by atomic mass is 10.0. The zero-order chi connectivity index (χ0) is 14.1. The second-order valence-electron chi connectivity index (χ2n) is 4.95. The van der Waals surface area contributed by atoms with E-state index in [0.29, 0.717) is 6.10 Å². The molecule has 1 unspecified atom stereocenters. The van der Waals surface area contributed by atoms with Gasteiger partial charge < -0.3 is 9.84 Å². The summed E-state index contributed by atoms with van der Waals surface area (Å²) >= 11 is 6.90. The fourth-order valence-electron chi connectivity index (χ4n) is 2.01. The molecule has 1 atom stereocenters. The molecule has 0 radical (unpaired) electrons. The number of benzene rings is 2. The maximum Gasteiger partial charge on any atom is 0.119 e. The van der Waals surface area contributed by atoms with Gasteiger partial charge in [0.15, 0.2) is 0 Å². The first-order chi connectivity index (χ1) is 9.63. The van der Waals surface area contributed by atoms with E-state index in [0.717, 1.165) is 38.7 Å². The fraction of sp³-hybridized carbons (Fsp3) is 0.250. The van der Waals surface area contributed by atoms with Crippen LogP contribution >= 0.6 is 31.9 Å². The van der Waals surface area contributed by atoms with E-state index in [-0.39, 0.29) is 0 Å². The SMILES string of the molecule is OC(c1ccc(OC2CC2)cc1)c1ccc(Br)cc1Br. The molecule has 20 heavy (non-hydrogen) atoms. The molecular weight excluding hydrogens is 384 g/mol. The van der Waals surface area contributed by atoms with Crippen LogP contribution in [0.4, 0.5) is 0 Å². The van der Waals surface area contributed by atoms with Crippen molar-refractivity contribution in [1.29, 1.82) is 0 Å². The van der Waals surface area contributed by atoms with Gasteiger partial charge in [0.05, 0.1) is 6.10 Å². The molecule has 0 aromatic heterocycles. The van der Waals surface area contributed by atoms with Crippen LogP contribution in [0.2, 0.25) is 0 Å². The van der Waals surface area contributed by atoms with Crippen molar-refractivity contribution in [3.8, 4) is 5.75 Å². The molecule has 2 aromatic carbocycles. The summed E-state index contributed by atoms with van der Waals surface area (Å²) in [5.74, 6) is 0.873. The number of halogens is 2. The molecule has 1 aliphatic carbocycles. The molecule has 1 aliphatic rings. The molecule has 0 saturated heterocycles. The lowest BCUT2D eigenvalue weighted by Crippen LogP contribution is -2.01. The molecule has 0 heterocycles. The molecule has 0 amide bonds. The van der Waals surface area contributed by atoms with Gasteiger partial charge in [0, 0.05) is 8.95 Å². The van der Waals surface area contributed by atoms with E-state index in [9.17, 15) is 5.11 Å². The highest BCUT2D eigenvalue weighted by Gasteiger charge is 2.23. The first-order valence-corrected chi connectivity index (χ1v) is 8.12. The second-order valence-corrected chi connectivity index (χ2v) is 6.72. The van der Waals surface area contributed by atoms with Gasteiger partial charge in [-0.2, -0.15) is 0 Å². The average molecular weight is 398 g/mol. The van der Waals surface area contributed by atoms with Gasteiger partial charge in [-0.05, 0) is 48.2 Å². The highest BCUT2D eigenvalue weighted by Crippen LogP contribution is 2.32.